The normalized spacial score (nSPS) is 29.1. The van der Waals surface area contributed by atoms with E-state index in [9.17, 15) is 0 Å². The second-order valence-electron chi connectivity index (χ2n) is 7.68. The summed E-state index contributed by atoms with van der Waals surface area (Å²) in [6.07, 6.45) is 6.51. The number of fused-ring (bicyclic) bond motifs is 2. The average Bonchev–Trinajstić information content (AvgIpc) is 2.99. The van der Waals surface area contributed by atoms with E-state index in [1.807, 2.05) is 11.3 Å². The molecule has 1 aromatic rings. The van der Waals surface area contributed by atoms with Crippen molar-refractivity contribution in [2.45, 2.75) is 83.3 Å². The Balaban J connectivity index is 1.72. The van der Waals surface area contributed by atoms with E-state index < -0.39 is 0 Å². The van der Waals surface area contributed by atoms with E-state index in [4.69, 9.17) is 4.98 Å². The topological polar surface area (TPSA) is 28.2 Å². The first kappa shape index (κ1) is 15.3. The Morgan fingerprint density at radius 3 is 2.48 bits per heavy atom. The minimum atomic E-state index is 0.162. The first-order chi connectivity index (χ1) is 9.99. The Kier molecular flexibility index (Phi) is 4.28. The standard InChI is InChI=1S/C17H29N3S/c1-5-8-18-12-9-13-6-7-14(10-12)20(13)16-19-15(11-21-16)17(2,3)4/h11-14,18H,5-10H2,1-4H3. The van der Waals surface area contributed by atoms with E-state index in [2.05, 4.69) is 43.3 Å². The summed E-state index contributed by atoms with van der Waals surface area (Å²) in [5.41, 5.74) is 1.41. The summed E-state index contributed by atoms with van der Waals surface area (Å²) in [5, 5.41) is 7.26. The van der Waals surface area contributed by atoms with Crippen LogP contribution in [-0.2, 0) is 5.41 Å². The maximum absolute atomic E-state index is 4.96. The molecular weight excluding hydrogens is 278 g/mol. The monoisotopic (exact) mass is 307 g/mol. The third kappa shape index (κ3) is 3.11. The number of rotatable bonds is 4. The zero-order chi connectivity index (χ0) is 15.0. The predicted molar refractivity (Wildman–Crippen MR) is 91.4 cm³/mol. The van der Waals surface area contributed by atoms with Crippen LogP contribution in [-0.4, -0.2) is 29.7 Å². The van der Waals surface area contributed by atoms with E-state index in [1.54, 1.807) is 0 Å². The van der Waals surface area contributed by atoms with Crippen LogP contribution >= 0.6 is 11.3 Å². The lowest BCUT2D eigenvalue weighted by Crippen LogP contribution is -2.49. The minimum Gasteiger partial charge on any atom is -0.342 e. The smallest absolute Gasteiger partial charge is 0.186 e. The molecule has 3 nitrogen and oxygen atoms in total. The largest absolute Gasteiger partial charge is 0.342 e. The van der Waals surface area contributed by atoms with Gasteiger partial charge in [-0.15, -0.1) is 11.3 Å². The second-order valence-corrected chi connectivity index (χ2v) is 8.52. The van der Waals surface area contributed by atoms with Gasteiger partial charge < -0.3 is 10.2 Å². The predicted octanol–water partition coefficient (Wildman–Crippen LogP) is 3.94. The molecule has 0 saturated carbocycles. The molecule has 2 unspecified atom stereocenters. The number of thiazole rings is 1. The molecule has 1 aromatic heterocycles. The molecule has 2 bridgehead atoms. The van der Waals surface area contributed by atoms with Gasteiger partial charge in [0.1, 0.15) is 0 Å². The highest BCUT2D eigenvalue weighted by atomic mass is 32.1. The van der Waals surface area contributed by atoms with Crippen LogP contribution in [0, 0.1) is 0 Å². The highest BCUT2D eigenvalue weighted by Gasteiger charge is 2.41. The van der Waals surface area contributed by atoms with Gasteiger partial charge in [-0.05, 0) is 38.6 Å². The Hall–Kier alpha value is -0.610. The Labute approximate surface area is 133 Å². The number of aromatic nitrogens is 1. The Bertz CT molecular complexity index is 463. The Morgan fingerprint density at radius 1 is 1.29 bits per heavy atom. The van der Waals surface area contributed by atoms with E-state index >= 15 is 0 Å². The van der Waals surface area contributed by atoms with Crippen molar-refractivity contribution < 1.29 is 0 Å². The number of nitrogens with zero attached hydrogens (tertiary/aromatic N) is 2. The lowest BCUT2D eigenvalue weighted by atomic mass is 9.93. The molecule has 0 aromatic carbocycles. The SMILES string of the molecule is CCCNC1CC2CCC(C1)N2c1nc(C(C)(C)C)cs1. The molecular formula is C17H29N3S. The molecule has 0 aliphatic carbocycles. The molecule has 2 saturated heterocycles. The zero-order valence-corrected chi connectivity index (χ0v) is 14.7. The minimum absolute atomic E-state index is 0.162. The van der Waals surface area contributed by atoms with Gasteiger partial charge in [0, 0.05) is 28.9 Å². The van der Waals surface area contributed by atoms with E-state index in [0.29, 0.717) is 12.1 Å². The van der Waals surface area contributed by atoms with Gasteiger partial charge in [0.05, 0.1) is 5.69 Å². The van der Waals surface area contributed by atoms with Crippen molar-refractivity contribution in [2.75, 3.05) is 11.4 Å². The first-order valence-electron chi connectivity index (χ1n) is 8.46. The maximum atomic E-state index is 4.96. The summed E-state index contributed by atoms with van der Waals surface area (Å²) >= 11 is 1.84. The molecule has 2 aliphatic rings. The first-order valence-corrected chi connectivity index (χ1v) is 9.34. The van der Waals surface area contributed by atoms with E-state index in [1.165, 1.54) is 42.9 Å². The maximum Gasteiger partial charge on any atom is 0.186 e. The number of piperidine rings is 1. The number of hydrogen-bond acceptors (Lipinski definition) is 4. The van der Waals surface area contributed by atoms with Crippen LogP contribution in [0.1, 0.15) is 65.5 Å². The molecule has 3 heterocycles. The molecule has 21 heavy (non-hydrogen) atoms. The number of nitrogens with one attached hydrogen (secondary N) is 1. The van der Waals surface area contributed by atoms with Gasteiger partial charge in [-0.25, -0.2) is 4.98 Å². The zero-order valence-electron chi connectivity index (χ0n) is 13.9. The molecule has 3 rings (SSSR count). The van der Waals surface area contributed by atoms with Crippen molar-refractivity contribution in [3.63, 3.8) is 0 Å². The summed E-state index contributed by atoms with van der Waals surface area (Å²) in [5.74, 6) is 0. The van der Waals surface area contributed by atoms with E-state index in [0.717, 1.165) is 12.6 Å². The summed E-state index contributed by atoms with van der Waals surface area (Å²) in [6, 6.07) is 2.13. The third-order valence-corrected chi connectivity index (χ3v) is 5.75. The van der Waals surface area contributed by atoms with Gasteiger partial charge in [0.15, 0.2) is 5.13 Å². The average molecular weight is 308 g/mol. The van der Waals surface area contributed by atoms with Gasteiger partial charge in [-0.2, -0.15) is 0 Å². The fourth-order valence-electron chi connectivity index (χ4n) is 3.73. The van der Waals surface area contributed by atoms with Crippen molar-refractivity contribution in [3.05, 3.63) is 11.1 Å². The summed E-state index contributed by atoms with van der Waals surface area (Å²) < 4.78 is 0. The fourth-order valence-corrected chi connectivity index (χ4v) is 4.93. The van der Waals surface area contributed by atoms with Crippen molar-refractivity contribution in [3.8, 4) is 0 Å². The summed E-state index contributed by atoms with van der Waals surface area (Å²) in [6.45, 7) is 10.2. The molecule has 0 amide bonds. The number of anilines is 1. The van der Waals surface area contributed by atoms with Crippen LogP contribution in [0.2, 0.25) is 0 Å². The highest BCUT2D eigenvalue weighted by Crippen LogP contribution is 2.41. The molecule has 2 aliphatic heterocycles. The van der Waals surface area contributed by atoms with Crippen molar-refractivity contribution >= 4 is 16.5 Å². The van der Waals surface area contributed by atoms with Crippen LogP contribution in [0.5, 0.6) is 0 Å². The van der Waals surface area contributed by atoms with Crippen molar-refractivity contribution in [1.29, 1.82) is 0 Å². The van der Waals surface area contributed by atoms with Crippen LogP contribution in [0.4, 0.5) is 5.13 Å². The molecule has 1 N–H and O–H groups in total. The van der Waals surface area contributed by atoms with Gasteiger partial charge in [-0.3, -0.25) is 0 Å². The summed E-state index contributed by atoms with van der Waals surface area (Å²) in [7, 11) is 0. The van der Waals surface area contributed by atoms with Crippen LogP contribution in [0.25, 0.3) is 0 Å². The molecule has 2 fully saturated rings. The molecule has 4 heteroatoms. The molecule has 118 valence electrons. The highest BCUT2D eigenvalue weighted by molar-refractivity contribution is 7.13. The van der Waals surface area contributed by atoms with Gasteiger partial charge in [0.25, 0.3) is 0 Å². The lowest BCUT2D eigenvalue weighted by molar-refractivity contribution is 0.356. The Morgan fingerprint density at radius 2 is 1.95 bits per heavy atom. The summed E-state index contributed by atoms with van der Waals surface area (Å²) in [4.78, 5) is 7.60. The van der Waals surface area contributed by atoms with Crippen LogP contribution < -0.4 is 10.2 Å². The fraction of sp³-hybridized carbons (Fsp3) is 0.824. The van der Waals surface area contributed by atoms with Gasteiger partial charge in [-0.1, -0.05) is 27.7 Å². The lowest BCUT2D eigenvalue weighted by Gasteiger charge is -2.39. The van der Waals surface area contributed by atoms with Crippen molar-refractivity contribution in [1.82, 2.24) is 10.3 Å². The van der Waals surface area contributed by atoms with Gasteiger partial charge >= 0.3 is 0 Å². The molecule has 0 radical (unpaired) electrons. The molecule has 2 atom stereocenters. The third-order valence-electron chi connectivity index (χ3n) is 4.90. The number of hydrogen-bond donors (Lipinski definition) is 1. The van der Waals surface area contributed by atoms with E-state index in [-0.39, 0.29) is 5.41 Å². The van der Waals surface area contributed by atoms with Crippen LogP contribution in [0.3, 0.4) is 0 Å². The second kappa shape index (κ2) is 5.88. The molecule has 0 spiro atoms. The van der Waals surface area contributed by atoms with Crippen LogP contribution in [0.15, 0.2) is 5.38 Å². The van der Waals surface area contributed by atoms with Crippen molar-refractivity contribution in [2.24, 2.45) is 0 Å². The quantitative estimate of drug-likeness (QED) is 0.913. The van der Waals surface area contributed by atoms with Gasteiger partial charge in [0.2, 0.25) is 0 Å².